The molecule has 1 saturated heterocycles. The van der Waals surface area contributed by atoms with Gasteiger partial charge in [-0.1, -0.05) is 37.1 Å². The van der Waals surface area contributed by atoms with Gasteiger partial charge in [-0.3, -0.25) is 4.79 Å². The second-order valence-electron chi connectivity index (χ2n) is 7.14. The maximum atomic E-state index is 12.8. The van der Waals surface area contributed by atoms with E-state index in [2.05, 4.69) is 5.32 Å². The second kappa shape index (κ2) is 10.4. The lowest BCUT2D eigenvalue weighted by molar-refractivity contribution is -0.111. The highest BCUT2D eigenvalue weighted by Crippen LogP contribution is 2.24. The van der Waals surface area contributed by atoms with Crippen LogP contribution in [0.1, 0.15) is 38.2 Å². The number of carbonyl (C=O) groups excluding carboxylic acids is 1. The van der Waals surface area contributed by atoms with E-state index in [0.29, 0.717) is 31.1 Å². The summed E-state index contributed by atoms with van der Waals surface area (Å²) in [5, 5.41) is 2.80. The lowest BCUT2D eigenvalue weighted by Gasteiger charge is -2.19. The van der Waals surface area contributed by atoms with E-state index in [9.17, 15) is 13.2 Å². The third-order valence-electron chi connectivity index (χ3n) is 4.95. The number of hydrogen-bond donors (Lipinski definition) is 1. The van der Waals surface area contributed by atoms with Crippen LogP contribution < -0.4 is 10.1 Å². The molecule has 0 radical (unpaired) electrons. The molecule has 30 heavy (non-hydrogen) atoms. The Morgan fingerprint density at radius 1 is 1.03 bits per heavy atom. The van der Waals surface area contributed by atoms with Crippen LogP contribution in [0, 0.1) is 0 Å². The SMILES string of the molecule is CCOc1ccccc1NC(=O)/C=C/c1ccc(S(=O)(=O)N2CCCCCC2)cc1. The number of ether oxygens (including phenoxy) is 1. The predicted molar refractivity (Wildman–Crippen MR) is 119 cm³/mol. The minimum absolute atomic E-state index is 0.289. The van der Waals surface area contributed by atoms with Crippen molar-refractivity contribution in [2.75, 3.05) is 25.0 Å². The van der Waals surface area contributed by atoms with Gasteiger partial charge in [0.1, 0.15) is 5.75 Å². The lowest BCUT2D eigenvalue weighted by Crippen LogP contribution is -2.31. The van der Waals surface area contributed by atoms with Crippen molar-refractivity contribution in [2.45, 2.75) is 37.5 Å². The summed E-state index contributed by atoms with van der Waals surface area (Å²) >= 11 is 0. The van der Waals surface area contributed by atoms with Crippen molar-refractivity contribution in [3.63, 3.8) is 0 Å². The topological polar surface area (TPSA) is 75.7 Å². The number of para-hydroxylation sites is 2. The summed E-state index contributed by atoms with van der Waals surface area (Å²) in [6.45, 7) is 3.55. The highest BCUT2D eigenvalue weighted by atomic mass is 32.2. The van der Waals surface area contributed by atoms with Crippen molar-refractivity contribution in [3.05, 3.63) is 60.2 Å². The number of sulfonamides is 1. The highest BCUT2D eigenvalue weighted by molar-refractivity contribution is 7.89. The molecule has 160 valence electrons. The van der Waals surface area contributed by atoms with Gasteiger partial charge in [0.25, 0.3) is 0 Å². The zero-order chi connectivity index (χ0) is 21.4. The van der Waals surface area contributed by atoms with Gasteiger partial charge in [-0.25, -0.2) is 8.42 Å². The van der Waals surface area contributed by atoms with Crippen LogP contribution in [-0.2, 0) is 14.8 Å². The number of anilines is 1. The van der Waals surface area contributed by atoms with Gasteiger partial charge in [0.2, 0.25) is 15.9 Å². The number of nitrogens with zero attached hydrogens (tertiary/aromatic N) is 1. The first-order chi connectivity index (χ1) is 14.5. The van der Waals surface area contributed by atoms with E-state index in [-0.39, 0.29) is 10.8 Å². The first-order valence-corrected chi connectivity index (χ1v) is 11.8. The van der Waals surface area contributed by atoms with Gasteiger partial charge in [0.05, 0.1) is 17.2 Å². The van der Waals surface area contributed by atoms with Crippen molar-refractivity contribution in [2.24, 2.45) is 0 Å². The van der Waals surface area contributed by atoms with Crippen LogP contribution >= 0.6 is 0 Å². The second-order valence-corrected chi connectivity index (χ2v) is 9.08. The maximum Gasteiger partial charge on any atom is 0.248 e. The minimum Gasteiger partial charge on any atom is -0.492 e. The van der Waals surface area contributed by atoms with Crippen molar-refractivity contribution >= 4 is 27.7 Å². The number of benzene rings is 2. The van der Waals surface area contributed by atoms with E-state index in [1.807, 2.05) is 19.1 Å². The van der Waals surface area contributed by atoms with Gasteiger partial charge in [0.15, 0.2) is 0 Å². The molecule has 1 aliphatic heterocycles. The van der Waals surface area contributed by atoms with Gasteiger partial charge >= 0.3 is 0 Å². The van der Waals surface area contributed by atoms with E-state index in [1.54, 1.807) is 46.8 Å². The number of rotatable bonds is 7. The first-order valence-electron chi connectivity index (χ1n) is 10.3. The van der Waals surface area contributed by atoms with Crippen LogP contribution in [0.15, 0.2) is 59.5 Å². The molecular weight excluding hydrogens is 400 g/mol. The summed E-state index contributed by atoms with van der Waals surface area (Å²) in [7, 11) is -3.47. The summed E-state index contributed by atoms with van der Waals surface area (Å²) in [4.78, 5) is 12.5. The molecular formula is C23H28N2O4S. The smallest absolute Gasteiger partial charge is 0.248 e. The largest absolute Gasteiger partial charge is 0.492 e. The van der Waals surface area contributed by atoms with Crippen LogP contribution in [0.4, 0.5) is 5.69 Å². The van der Waals surface area contributed by atoms with Crippen LogP contribution in [0.2, 0.25) is 0 Å². The standard InChI is InChI=1S/C23H28N2O4S/c1-2-29-22-10-6-5-9-21(22)24-23(26)16-13-19-11-14-20(15-12-19)30(27,28)25-17-7-3-4-8-18-25/h5-6,9-16H,2-4,7-8,17-18H2,1H3,(H,24,26)/b16-13+. The lowest BCUT2D eigenvalue weighted by atomic mass is 10.2. The molecule has 0 aliphatic carbocycles. The fourth-order valence-electron chi connectivity index (χ4n) is 3.38. The average Bonchev–Trinajstić information content (AvgIpc) is 3.04. The van der Waals surface area contributed by atoms with Gasteiger partial charge in [-0.15, -0.1) is 0 Å². The summed E-state index contributed by atoms with van der Waals surface area (Å²) in [6.07, 6.45) is 7.03. The molecule has 0 spiro atoms. The monoisotopic (exact) mass is 428 g/mol. The number of hydrogen-bond acceptors (Lipinski definition) is 4. The van der Waals surface area contributed by atoms with Gasteiger partial charge in [-0.05, 0) is 55.7 Å². The van der Waals surface area contributed by atoms with Gasteiger partial charge in [0, 0.05) is 19.2 Å². The fraction of sp³-hybridized carbons (Fsp3) is 0.348. The van der Waals surface area contributed by atoms with E-state index in [1.165, 1.54) is 6.08 Å². The van der Waals surface area contributed by atoms with E-state index >= 15 is 0 Å². The Hall–Kier alpha value is -2.64. The van der Waals surface area contributed by atoms with Gasteiger partial charge in [-0.2, -0.15) is 4.31 Å². The molecule has 0 saturated carbocycles. The molecule has 0 aromatic heterocycles. The molecule has 2 aromatic rings. The Morgan fingerprint density at radius 3 is 2.37 bits per heavy atom. The molecule has 0 unspecified atom stereocenters. The molecule has 3 rings (SSSR count). The summed E-state index contributed by atoms with van der Waals surface area (Å²) < 4.78 is 32.8. The molecule has 1 aliphatic rings. The van der Waals surface area contributed by atoms with Crippen molar-refractivity contribution in [1.29, 1.82) is 0 Å². The third kappa shape index (κ3) is 5.70. The van der Waals surface area contributed by atoms with Crippen molar-refractivity contribution in [3.8, 4) is 5.75 Å². The highest BCUT2D eigenvalue weighted by Gasteiger charge is 2.24. The molecule has 1 N–H and O–H groups in total. The zero-order valence-electron chi connectivity index (χ0n) is 17.2. The Morgan fingerprint density at radius 2 is 1.70 bits per heavy atom. The minimum atomic E-state index is -3.47. The molecule has 1 heterocycles. The van der Waals surface area contributed by atoms with Gasteiger partial charge < -0.3 is 10.1 Å². The number of nitrogens with one attached hydrogen (secondary N) is 1. The molecule has 2 aromatic carbocycles. The molecule has 1 fully saturated rings. The van der Waals surface area contributed by atoms with Crippen molar-refractivity contribution < 1.29 is 17.9 Å². The van der Waals surface area contributed by atoms with Crippen LogP contribution in [0.5, 0.6) is 5.75 Å². The molecule has 0 bridgehead atoms. The normalized spacial score (nSPS) is 15.6. The number of amides is 1. The van der Waals surface area contributed by atoms with E-state index < -0.39 is 10.0 Å². The van der Waals surface area contributed by atoms with Crippen LogP contribution in [-0.4, -0.2) is 38.3 Å². The summed E-state index contributed by atoms with van der Waals surface area (Å²) in [5.74, 6) is 0.327. The Labute approximate surface area is 178 Å². The van der Waals surface area contributed by atoms with Crippen LogP contribution in [0.25, 0.3) is 6.08 Å². The quantitative estimate of drug-likeness (QED) is 0.667. The predicted octanol–water partition coefficient (Wildman–Crippen LogP) is 4.30. The average molecular weight is 429 g/mol. The molecule has 1 amide bonds. The fourth-order valence-corrected chi connectivity index (χ4v) is 4.90. The molecule has 6 nitrogen and oxygen atoms in total. The summed E-state index contributed by atoms with van der Waals surface area (Å²) in [6, 6.07) is 13.9. The Bertz CT molecular complexity index is 977. The van der Waals surface area contributed by atoms with Crippen molar-refractivity contribution in [1.82, 2.24) is 4.31 Å². The van der Waals surface area contributed by atoms with Crippen LogP contribution in [0.3, 0.4) is 0 Å². The summed E-state index contributed by atoms with van der Waals surface area (Å²) in [5.41, 5.74) is 1.35. The first kappa shape index (κ1) is 22.1. The molecule has 0 atom stereocenters. The Balaban J connectivity index is 1.65. The Kier molecular flexibility index (Phi) is 7.65. The molecule has 7 heteroatoms. The van der Waals surface area contributed by atoms with E-state index in [4.69, 9.17) is 4.74 Å². The zero-order valence-corrected chi connectivity index (χ0v) is 18.0. The maximum absolute atomic E-state index is 12.8. The van der Waals surface area contributed by atoms with E-state index in [0.717, 1.165) is 31.2 Å². The number of carbonyl (C=O) groups is 1. The third-order valence-corrected chi connectivity index (χ3v) is 6.87.